The highest BCUT2D eigenvalue weighted by Crippen LogP contribution is 2.26. The highest BCUT2D eigenvalue weighted by Gasteiger charge is 2.21. The minimum atomic E-state index is -4.22. The van der Waals surface area contributed by atoms with Crippen LogP contribution in [0.4, 0.5) is 4.39 Å². The van der Waals surface area contributed by atoms with E-state index >= 15 is 0 Å². The van der Waals surface area contributed by atoms with Gasteiger partial charge in [0.1, 0.15) is 10.7 Å². The Bertz CT molecular complexity index is 562. The van der Waals surface area contributed by atoms with Crippen molar-refractivity contribution in [1.29, 1.82) is 0 Å². The Hall–Kier alpha value is -0.660. The number of hydrogen-bond donors (Lipinski definition) is 1. The van der Waals surface area contributed by atoms with Crippen LogP contribution in [0.5, 0.6) is 0 Å². The van der Waals surface area contributed by atoms with Crippen LogP contribution < -0.4 is 5.32 Å². The first-order valence-electron chi connectivity index (χ1n) is 4.49. The summed E-state index contributed by atoms with van der Waals surface area (Å²) in [5.41, 5.74) is 0.00692. The van der Waals surface area contributed by atoms with E-state index in [2.05, 4.69) is 21.2 Å². The van der Waals surface area contributed by atoms with Gasteiger partial charge in [-0.1, -0.05) is 0 Å². The summed E-state index contributed by atoms with van der Waals surface area (Å²) in [4.78, 5) is 10.8. The Balaban J connectivity index is 3.39. The summed E-state index contributed by atoms with van der Waals surface area (Å²) >= 11 is 2.98. The molecule has 0 bridgehead atoms. The van der Waals surface area contributed by atoms with E-state index in [4.69, 9.17) is 10.7 Å². The summed E-state index contributed by atoms with van der Waals surface area (Å²) in [5.74, 6) is -1.53. The third-order valence-corrected chi connectivity index (χ3v) is 3.86. The van der Waals surface area contributed by atoms with Gasteiger partial charge in [-0.3, -0.25) is 4.79 Å². The van der Waals surface area contributed by atoms with E-state index in [0.29, 0.717) is 6.54 Å². The zero-order valence-corrected chi connectivity index (χ0v) is 11.8. The topological polar surface area (TPSA) is 63.2 Å². The quantitative estimate of drug-likeness (QED) is 0.856. The molecule has 0 aliphatic heterocycles. The average Bonchev–Trinajstić information content (AvgIpc) is 2.15. The lowest BCUT2D eigenvalue weighted by atomic mass is 10.2. The van der Waals surface area contributed by atoms with Crippen LogP contribution in [0, 0.1) is 5.82 Å². The molecule has 0 heterocycles. The molecule has 0 saturated heterocycles. The summed E-state index contributed by atoms with van der Waals surface area (Å²) in [6.07, 6.45) is 0. The first-order chi connectivity index (χ1) is 7.77. The standard InChI is InChI=1S/C9H8BrClFNO3S/c1-2-13-9(14)5-3-8(17(11,15)16)7(12)4-6(5)10/h3-4H,2H2,1H3,(H,13,14). The zero-order chi connectivity index (χ0) is 13.2. The van der Waals surface area contributed by atoms with E-state index in [9.17, 15) is 17.6 Å². The maximum Gasteiger partial charge on any atom is 0.264 e. The van der Waals surface area contributed by atoms with Crippen molar-refractivity contribution in [1.82, 2.24) is 5.32 Å². The molecule has 0 fully saturated rings. The molecule has 1 N–H and O–H groups in total. The van der Waals surface area contributed by atoms with Crippen LogP contribution in [-0.4, -0.2) is 20.9 Å². The number of rotatable bonds is 3. The molecular weight excluding hydrogens is 337 g/mol. The number of amides is 1. The predicted molar refractivity (Wildman–Crippen MR) is 65.1 cm³/mol. The number of halogens is 3. The van der Waals surface area contributed by atoms with Crippen LogP contribution >= 0.6 is 26.6 Å². The van der Waals surface area contributed by atoms with Gasteiger partial charge in [0.25, 0.3) is 15.0 Å². The first kappa shape index (κ1) is 14.4. The number of carbonyl (C=O) groups is 1. The minimum Gasteiger partial charge on any atom is -0.352 e. The molecule has 94 valence electrons. The van der Waals surface area contributed by atoms with Crippen molar-refractivity contribution < 1.29 is 17.6 Å². The Morgan fingerprint density at radius 2 is 2.12 bits per heavy atom. The second kappa shape index (κ2) is 5.32. The lowest BCUT2D eigenvalue weighted by Gasteiger charge is -2.07. The maximum atomic E-state index is 13.4. The normalized spacial score (nSPS) is 11.3. The molecule has 17 heavy (non-hydrogen) atoms. The second-order valence-electron chi connectivity index (χ2n) is 3.06. The molecule has 0 aromatic heterocycles. The molecule has 0 spiro atoms. The van der Waals surface area contributed by atoms with Gasteiger partial charge in [-0.2, -0.15) is 0 Å². The molecular formula is C9H8BrClFNO3S. The average molecular weight is 345 g/mol. The molecule has 0 radical (unpaired) electrons. The van der Waals surface area contributed by atoms with E-state index in [1.807, 2.05) is 0 Å². The molecule has 0 atom stereocenters. The van der Waals surface area contributed by atoms with Gasteiger partial charge < -0.3 is 5.32 Å². The van der Waals surface area contributed by atoms with Gasteiger partial charge in [-0.25, -0.2) is 12.8 Å². The third-order valence-electron chi connectivity index (χ3n) is 1.87. The monoisotopic (exact) mass is 343 g/mol. The van der Waals surface area contributed by atoms with Crippen molar-refractivity contribution in [2.75, 3.05) is 6.54 Å². The number of benzene rings is 1. The summed E-state index contributed by atoms with van der Waals surface area (Å²) in [6.45, 7) is 2.07. The SMILES string of the molecule is CCNC(=O)c1cc(S(=O)(=O)Cl)c(F)cc1Br. The van der Waals surface area contributed by atoms with Gasteiger partial charge in [-0.05, 0) is 35.0 Å². The fraction of sp³-hybridized carbons (Fsp3) is 0.222. The molecule has 1 amide bonds. The molecule has 0 aliphatic rings. The van der Waals surface area contributed by atoms with Crippen molar-refractivity contribution in [3.05, 3.63) is 28.0 Å². The van der Waals surface area contributed by atoms with Crippen molar-refractivity contribution in [3.63, 3.8) is 0 Å². The molecule has 8 heteroatoms. The Morgan fingerprint density at radius 3 is 2.59 bits per heavy atom. The molecule has 0 aliphatic carbocycles. The fourth-order valence-electron chi connectivity index (χ4n) is 1.15. The summed E-state index contributed by atoms with van der Waals surface area (Å²) in [6, 6.07) is 1.78. The summed E-state index contributed by atoms with van der Waals surface area (Å²) < 4.78 is 35.7. The van der Waals surface area contributed by atoms with Crippen molar-refractivity contribution in [2.24, 2.45) is 0 Å². The van der Waals surface area contributed by atoms with E-state index in [1.54, 1.807) is 6.92 Å². The molecule has 0 saturated carbocycles. The fourth-order valence-corrected chi connectivity index (χ4v) is 2.55. The zero-order valence-electron chi connectivity index (χ0n) is 8.63. The van der Waals surface area contributed by atoms with Crippen LogP contribution in [0.3, 0.4) is 0 Å². The molecule has 1 aromatic rings. The number of carbonyl (C=O) groups excluding carboxylic acids is 1. The third kappa shape index (κ3) is 3.40. The number of nitrogens with one attached hydrogen (secondary N) is 1. The van der Waals surface area contributed by atoms with E-state index < -0.39 is 25.7 Å². The Kier molecular flexibility index (Phi) is 4.51. The van der Waals surface area contributed by atoms with E-state index in [-0.39, 0.29) is 10.0 Å². The van der Waals surface area contributed by atoms with Crippen LogP contribution in [0.2, 0.25) is 0 Å². The van der Waals surface area contributed by atoms with Crippen molar-refractivity contribution >= 4 is 41.6 Å². The van der Waals surface area contributed by atoms with Gasteiger partial charge in [0.2, 0.25) is 0 Å². The maximum absolute atomic E-state index is 13.4. The van der Waals surface area contributed by atoms with Gasteiger partial charge in [0.05, 0.1) is 5.56 Å². The minimum absolute atomic E-state index is 0.00692. The summed E-state index contributed by atoms with van der Waals surface area (Å²) in [5, 5.41) is 2.47. The first-order valence-corrected chi connectivity index (χ1v) is 7.59. The Labute approximate surface area is 111 Å². The van der Waals surface area contributed by atoms with Gasteiger partial charge in [0, 0.05) is 21.7 Å². The van der Waals surface area contributed by atoms with E-state index in [1.165, 1.54) is 0 Å². The molecule has 1 aromatic carbocycles. The number of hydrogen-bond acceptors (Lipinski definition) is 3. The van der Waals surface area contributed by atoms with Crippen LogP contribution in [-0.2, 0) is 9.05 Å². The highest BCUT2D eigenvalue weighted by atomic mass is 79.9. The van der Waals surface area contributed by atoms with Crippen molar-refractivity contribution in [2.45, 2.75) is 11.8 Å². The van der Waals surface area contributed by atoms with Gasteiger partial charge in [-0.15, -0.1) is 0 Å². The van der Waals surface area contributed by atoms with Crippen LogP contribution in [0.25, 0.3) is 0 Å². The molecule has 4 nitrogen and oxygen atoms in total. The lowest BCUT2D eigenvalue weighted by Crippen LogP contribution is -2.23. The highest BCUT2D eigenvalue weighted by molar-refractivity contribution is 9.10. The summed E-state index contributed by atoms with van der Waals surface area (Å²) in [7, 11) is 0.830. The van der Waals surface area contributed by atoms with Gasteiger partial charge >= 0.3 is 0 Å². The largest absolute Gasteiger partial charge is 0.352 e. The van der Waals surface area contributed by atoms with Crippen LogP contribution in [0.1, 0.15) is 17.3 Å². The smallest absolute Gasteiger partial charge is 0.264 e. The lowest BCUT2D eigenvalue weighted by molar-refractivity contribution is 0.0955. The van der Waals surface area contributed by atoms with Gasteiger partial charge in [0.15, 0.2) is 0 Å². The molecule has 0 unspecified atom stereocenters. The van der Waals surface area contributed by atoms with Crippen LogP contribution in [0.15, 0.2) is 21.5 Å². The van der Waals surface area contributed by atoms with Crippen molar-refractivity contribution in [3.8, 4) is 0 Å². The molecule has 1 rings (SSSR count). The van der Waals surface area contributed by atoms with E-state index in [0.717, 1.165) is 12.1 Å². The second-order valence-corrected chi connectivity index (χ2v) is 6.45. The Morgan fingerprint density at radius 1 is 1.53 bits per heavy atom. The predicted octanol–water partition coefficient (Wildman–Crippen LogP) is 2.27.